The standard InChI is InChI=1S/C16H23ClN2O/c1-2-13-11-19(8-9-20-13)16-5-3-4-15(17)14(16)10-18-12-6-7-12/h3-5,12-13,18H,2,6-11H2,1H3. The predicted molar refractivity (Wildman–Crippen MR) is 83.6 cm³/mol. The lowest BCUT2D eigenvalue weighted by atomic mass is 10.1. The Bertz CT molecular complexity index is 462. The van der Waals surface area contributed by atoms with E-state index in [1.54, 1.807) is 0 Å². The molecule has 4 heteroatoms. The Hall–Kier alpha value is -0.770. The van der Waals surface area contributed by atoms with Crippen molar-refractivity contribution in [2.24, 2.45) is 0 Å². The van der Waals surface area contributed by atoms with Crippen molar-refractivity contribution in [3.8, 4) is 0 Å². The summed E-state index contributed by atoms with van der Waals surface area (Å²) in [5, 5.41) is 4.45. The van der Waals surface area contributed by atoms with Crippen molar-refractivity contribution < 1.29 is 4.74 Å². The van der Waals surface area contributed by atoms with Gasteiger partial charge in [-0.1, -0.05) is 24.6 Å². The molecule has 3 rings (SSSR count). The first kappa shape index (κ1) is 14.2. The molecule has 0 aromatic heterocycles. The van der Waals surface area contributed by atoms with Gasteiger partial charge in [0.2, 0.25) is 0 Å². The van der Waals surface area contributed by atoms with Gasteiger partial charge in [0.25, 0.3) is 0 Å². The third kappa shape index (κ3) is 3.27. The van der Waals surface area contributed by atoms with Crippen molar-refractivity contribution in [2.75, 3.05) is 24.6 Å². The number of morpholine rings is 1. The molecule has 1 aliphatic carbocycles. The number of benzene rings is 1. The van der Waals surface area contributed by atoms with E-state index in [1.807, 2.05) is 6.07 Å². The summed E-state index contributed by atoms with van der Waals surface area (Å²) in [5.41, 5.74) is 2.50. The van der Waals surface area contributed by atoms with Gasteiger partial charge in [-0.2, -0.15) is 0 Å². The highest BCUT2D eigenvalue weighted by atomic mass is 35.5. The van der Waals surface area contributed by atoms with E-state index in [1.165, 1.54) is 24.1 Å². The van der Waals surface area contributed by atoms with Crippen molar-refractivity contribution in [1.29, 1.82) is 0 Å². The average Bonchev–Trinajstić information content (AvgIpc) is 3.30. The Balaban J connectivity index is 1.77. The van der Waals surface area contributed by atoms with Gasteiger partial charge in [0.1, 0.15) is 0 Å². The zero-order valence-corrected chi connectivity index (χ0v) is 12.8. The molecule has 0 spiro atoms. The van der Waals surface area contributed by atoms with Crippen LogP contribution in [0.25, 0.3) is 0 Å². The van der Waals surface area contributed by atoms with Crippen LogP contribution in [0.1, 0.15) is 31.7 Å². The summed E-state index contributed by atoms with van der Waals surface area (Å²) in [6, 6.07) is 6.93. The molecular formula is C16H23ClN2O. The van der Waals surface area contributed by atoms with Gasteiger partial charge >= 0.3 is 0 Å². The summed E-state index contributed by atoms with van der Waals surface area (Å²) < 4.78 is 5.77. The fraction of sp³-hybridized carbons (Fsp3) is 0.625. The molecular weight excluding hydrogens is 272 g/mol. The van der Waals surface area contributed by atoms with Crippen molar-refractivity contribution >= 4 is 17.3 Å². The van der Waals surface area contributed by atoms with Crippen molar-refractivity contribution in [3.63, 3.8) is 0 Å². The van der Waals surface area contributed by atoms with Crippen molar-refractivity contribution in [3.05, 3.63) is 28.8 Å². The smallest absolute Gasteiger partial charge is 0.0748 e. The van der Waals surface area contributed by atoms with Crippen LogP contribution in [-0.2, 0) is 11.3 Å². The normalized spacial score (nSPS) is 23.1. The highest BCUT2D eigenvalue weighted by Crippen LogP contribution is 2.30. The molecule has 1 unspecified atom stereocenters. The largest absolute Gasteiger partial charge is 0.375 e. The first-order chi connectivity index (χ1) is 9.78. The van der Waals surface area contributed by atoms with E-state index in [0.29, 0.717) is 12.1 Å². The lowest BCUT2D eigenvalue weighted by Crippen LogP contribution is -2.42. The molecule has 1 atom stereocenters. The Morgan fingerprint density at radius 2 is 2.25 bits per heavy atom. The maximum Gasteiger partial charge on any atom is 0.0748 e. The number of ether oxygens (including phenoxy) is 1. The fourth-order valence-electron chi connectivity index (χ4n) is 2.74. The molecule has 110 valence electrons. The lowest BCUT2D eigenvalue weighted by Gasteiger charge is -2.35. The Kier molecular flexibility index (Phi) is 4.49. The van der Waals surface area contributed by atoms with Crippen LogP contribution in [0, 0.1) is 0 Å². The van der Waals surface area contributed by atoms with E-state index < -0.39 is 0 Å². The van der Waals surface area contributed by atoms with E-state index >= 15 is 0 Å². The molecule has 1 N–H and O–H groups in total. The number of hydrogen-bond acceptors (Lipinski definition) is 3. The summed E-state index contributed by atoms with van der Waals surface area (Å²) in [5.74, 6) is 0. The van der Waals surface area contributed by atoms with Crippen LogP contribution in [-0.4, -0.2) is 31.8 Å². The van der Waals surface area contributed by atoms with Gasteiger partial charge in [0, 0.05) is 41.9 Å². The van der Waals surface area contributed by atoms with Gasteiger partial charge < -0.3 is 15.0 Å². The summed E-state index contributed by atoms with van der Waals surface area (Å²) in [4.78, 5) is 2.42. The zero-order valence-electron chi connectivity index (χ0n) is 12.1. The zero-order chi connectivity index (χ0) is 13.9. The first-order valence-electron chi connectivity index (χ1n) is 7.65. The number of anilines is 1. The molecule has 1 aliphatic heterocycles. The van der Waals surface area contributed by atoms with Gasteiger partial charge in [-0.15, -0.1) is 0 Å². The molecule has 0 radical (unpaired) electrons. The molecule has 2 fully saturated rings. The van der Waals surface area contributed by atoms with Gasteiger partial charge in [0.15, 0.2) is 0 Å². The van der Waals surface area contributed by atoms with Crippen LogP contribution in [0.3, 0.4) is 0 Å². The topological polar surface area (TPSA) is 24.5 Å². The van der Waals surface area contributed by atoms with Gasteiger partial charge in [-0.3, -0.25) is 0 Å². The van der Waals surface area contributed by atoms with Gasteiger partial charge in [-0.25, -0.2) is 0 Å². The summed E-state index contributed by atoms with van der Waals surface area (Å²) in [6.45, 7) is 5.77. The third-order valence-corrected chi connectivity index (χ3v) is 4.53. The van der Waals surface area contributed by atoms with Gasteiger partial charge in [0.05, 0.1) is 12.7 Å². The highest BCUT2D eigenvalue weighted by Gasteiger charge is 2.24. The molecule has 20 heavy (non-hydrogen) atoms. The molecule has 1 saturated carbocycles. The molecule has 1 heterocycles. The fourth-order valence-corrected chi connectivity index (χ4v) is 2.97. The summed E-state index contributed by atoms with van der Waals surface area (Å²) in [7, 11) is 0. The molecule has 3 nitrogen and oxygen atoms in total. The number of hydrogen-bond donors (Lipinski definition) is 1. The van der Waals surface area contributed by atoms with Crippen molar-refractivity contribution in [2.45, 2.75) is 44.9 Å². The van der Waals surface area contributed by atoms with Crippen LogP contribution in [0.5, 0.6) is 0 Å². The first-order valence-corrected chi connectivity index (χ1v) is 8.03. The predicted octanol–water partition coefficient (Wildman–Crippen LogP) is 3.21. The number of nitrogens with one attached hydrogen (secondary N) is 1. The van der Waals surface area contributed by atoms with Crippen LogP contribution >= 0.6 is 11.6 Å². The Morgan fingerprint density at radius 3 is 3.00 bits per heavy atom. The Morgan fingerprint density at radius 1 is 1.40 bits per heavy atom. The molecule has 2 aliphatic rings. The lowest BCUT2D eigenvalue weighted by molar-refractivity contribution is 0.0384. The molecule has 1 aromatic rings. The van der Waals surface area contributed by atoms with Crippen LogP contribution < -0.4 is 10.2 Å². The van der Waals surface area contributed by atoms with E-state index in [2.05, 4.69) is 29.3 Å². The average molecular weight is 295 g/mol. The van der Waals surface area contributed by atoms with E-state index in [4.69, 9.17) is 16.3 Å². The maximum atomic E-state index is 6.42. The molecule has 0 amide bonds. The monoisotopic (exact) mass is 294 g/mol. The number of rotatable bonds is 5. The summed E-state index contributed by atoms with van der Waals surface area (Å²) >= 11 is 6.42. The van der Waals surface area contributed by atoms with E-state index in [9.17, 15) is 0 Å². The third-order valence-electron chi connectivity index (χ3n) is 4.17. The number of nitrogens with zero attached hydrogens (tertiary/aromatic N) is 1. The van der Waals surface area contributed by atoms with Crippen LogP contribution in [0.15, 0.2) is 18.2 Å². The summed E-state index contributed by atoms with van der Waals surface area (Å²) in [6.07, 6.45) is 4.00. The minimum Gasteiger partial charge on any atom is -0.375 e. The maximum absolute atomic E-state index is 6.42. The van der Waals surface area contributed by atoms with Crippen LogP contribution in [0.4, 0.5) is 5.69 Å². The van der Waals surface area contributed by atoms with E-state index in [-0.39, 0.29) is 0 Å². The second-order valence-corrected chi connectivity index (χ2v) is 6.15. The SMILES string of the molecule is CCC1CN(c2cccc(Cl)c2CNC2CC2)CCO1. The number of halogens is 1. The minimum absolute atomic E-state index is 0.340. The Labute approximate surface area is 126 Å². The molecule has 1 saturated heterocycles. The highest BCUT2D eigenvalue weighted by molar-refractivity contribution is 6.31. The van der Waals surface area contributed by atoms with Gasteiger partial charge in [-0.05, 0) is 31.4 Å². The van der Waals surface area contributed by atoms with E-state index in [0.717, 1.165) is 37.7 Å². The second-order valence-electron chi connectivity index (χ2n) is 5.74. The molecule has 0 bridgehead atoms. The van der Waals surface area contributed by atoms with Crippen molar-refractivity contribution in [1.82, 2.24) is 5.32 Å². The minimum atomic E-state index is 0.340. The quantitative estimate of drug-likeness (QED) is 0.902. The second kappa shape index (κ2) is 6.33. The van der Waals surface area contributed by atoms with Crippen LogP contribution in [0.2, 0.25) is 5.02 Å². The molecule has 1 aromatic carbocycles.